The van der Waals surface area contributed by atoms with E-state index in [1.807, 2.05) is 0 Å². The van der Waals surface area contributed by atoms with Crippen molar-refractivity contribution >= 4 is 34.9 Å². The van der Waals surface area contributed by atoms with Crippen LogP contribution in [0.1, 0.15) is 10.4 Å². The molecule has 0 spiro atoms. The second-order valence-electron chi connectivity index (χ2n) is 3.08. The van der Waals surface area contributed by atoms with Crippen LogP contribution in [0.4, 0.5) is 11.4 Å². The molecular weight excluding hydrogens is 220 g/mol. The van der Waals surface area contributed by atoms with Crippen molar-refractivity contribution in [1.82, 2.24) is 0 Å². The Bertz CT molecular complexity index is 459. The number of hydrogen-bond acceptors (Lipinski definition) is 3. The number of aromatic carboxylic acids is 1. The van der Waals surface area contributed by atoms with Crippen LogP contribution in [0.5, 0.6) is 0 Å². The molecule has 0 fully saturated rings. The zero-order valence-electron chi connectivity index (χ0n) is 7.50. The van der Waals surface area contributed by atoms with Crippen LogP contribution in [-0.4, -0.2) is 23.5 Å². The van der Waals surface area contributed by atoms with Crippen molar-refractivity contribution < 1.29 is 14.7 Å². The molecule has 6 heteroatoms. The number of hydrogen-bond donors (Lipinski definition) is 3. The van der Waals surface area contributed by atoms with Gasteiger partial charge in [0.25, 0.3) is 0 Å². The molecule has 0 atom stereocenters. The van der Waals surface area contributed by atoms with Crippen LogP contribution in [0.25, 0.3) is 0 Å². The van der Waals surface area contributed by atoms with Gasteiger partial charge in [-0.3, -0.25) is 4.79 Å². The zero-order valence-corrected chi connectivity index (χ0v) is 8.26. The van der Waals surface area contributed by atoms with Crippen molar-refractivity contribution in [3.8, 4) is 0 Å². The molecule has 1 heterocycles. The summed E-state index contributed by atoms with van der Waals surface area (Å²) in [5.41, 5.74) is 0.847. The van der Waals surface area contributed by atoms with E-state index in [9.17, 15) is 9.59 Å². The first-order valence-electron chi connectivity index (χ1n) is 4.18. The summed E-state index contributed by atoms with van der Waals surface area (Å²) < 4.78 is 0. The van der Waals surface area contributed by atoms with Gasteiger partial charge in [-0.2, -0.15) is 0 Å². The molecule has 5 nitrogen and oxygen atoms in total. The molecule has 0 aliphatic carbocycles. The fourth-order valence-electron chi connectivity index (χ4n) is 1.43. The van der Waals surface area contributed by atoms with Gasteiger partial charge in [0.2, 0.25) is 5.91 Å². The SMILES string of the molecule is O=C1CNc2c(cc(Cl)cc2C(=O)O)N1. The number of benzene rings is 1. The highest BCUT2D eigenvalue weighted by Gasteiger charge is 2.21. The van der Waals surface area contributed by atoms with Gasteiger partial charge < -0.3 is 15.7 Å². The van der Waals surface area contributed by atoms with Crippen LogP contribution < -0.4 is 10.6 Å². The predicted octanol–water partition coefficient (Wildman–Crippen LogP) is 1.40. The molecule has 0 radical (unpaired) electrons. The van der Waals surface area contributed by atoms with E-state index in [1.54, 1.807) is 0 Å². The topological polar surface area (TPSA) is 78.4 Å². The quantitative estimate of drug-likeness (QED) is 0.676. The third-order valence-electron chi connectivity index (χ3n) is 2.03. The molecular formula is C9H7ClN2O3. The van der Waals surface area contributed by atoms with E-state index in [1.165, 1.54) is 12.1 Å². The molecule has 2 rings (SSSR count). The van der Waals surface area contributed by atoms with Crippen LogP contribution in [0.15, 0.2) is 12.1 Å². The van der Waals surface area contributed by atoms with Crippen LogP contribution in [0.3, 0.4) is 0 Å². The third-order valence-corrected chi connectivity index (χ3v) is 2.25. The summed E-state index contributed by atoms with van der Waals surface area (Å²) in [6.45, 7) is 0.0644. The Labute approximate surface area is 90.0 Å². The largest absolute Gasteiger partial charge is 0.478 e. The Morgan fingerprint density at radius 1 is 1.47 bits per heavy atom. The summed E-state index contributed by atoms with van der Waals surface area (Å²) in [4.78, 5) is 21.9. The Morgan fingerprint density at radius 3 is 2.87 bits per heavy atom. The van der Waals surface area contributed by atoms with Crippen molar-refractivity contribution in [1.29, 1.82) is 0 Å². The average molecular weight is 227 g/mol. The smallest absolute Gasteiger partial charge is 0.337 e. The van der Waals surface area contributed by atoms with E-state index >= 15 is 0 Å². The number of carboxylic acid groups (broad SMARTS) is 1. The minimum atomic E-state index is -1.09. The lowest BCUT2D eigenvalue weighted by atomic mass is 10.1. The summed E-state index contributed by atoms with van der Waals surface area (Å²) in [6, 6.07) is 2.85. The minimum Gasteiger partial charge on any atom is -0.478 e. The molecule has 0 bridgehead atoms. The van der Waals surface area contributed by atoms with Crippen molar-refractivity contribution in [2.45, 2.75) is 0 Å². The first-order chi connectivity index (χ1) is 7.08. The minimum absolute atomic E-state index is 0.0532. The average Bonchev–Trinajstić information content (AvgIpc) is 2.15. The molecule has 15 heavy (non-hydrogen) atoms. The predicted molar refractivity (Wildman–Crippen MR) is 55.5 cm³/mol. The normalized spacial score (nSPS) is 13.8. The molecule has 0 unspecified atom stereocenters. The molecule has 78 valence electrons. The molecule has 3 N–H and O–H groups in total. The number of nitrogens with one attached hydrogen (secondary N) is 2. The molecule has 1 aliphatic heterocycles. The lowest BCUT2D eigenvalue weighted by Gasteiger charge is -2.20. The van der Waals surface area contributed by atoms with E-state index in [0.717, 1.165) is 0 Å². The van der Waals surface area contributed by atoms with Gasteiger partial charge in [0.1, 0.15) is 0 Å². The summed E-state index contributed by atoms with van der Waals surface area (Å²) in [7, 11) is 0. The number of rotatable bonds is 1. The van der Waals surface area contributed by atoms with Gasteiger partial charge in [-0.15, -0.1) is 0 Å². The summed E-state index contributed by atoms with van der Waals surface area (Å²) in [5.74, 6) is -1.31. The van der Waals surface area contributed by atoms with Gasteiger partial charge in [-0.25, -0.2) is 4.79 Å². The number of carbonyl (C=O) groups excluding carboxylic acids is 1. The molecule has 1 aromatic carbocycles. The second-order valence-corrected chi connectivity index (χ2v) is 3.52. The maximum Gasteiger partial charge on any atom is 0.337 e. The van der Waals surface area contributed by atoms with Crippen molar-refractivity contribution in [2.75, 3.05) is 17.2 Å². The first-order valence-corrected chi connectivity index (χ1v) is 4.56. The number of anilines is 2. The van der Waals surface area contributed by atoms with Gasteiger partial charge in [-0.1, -0.05) is 11.6 Å². The number of carboxylic acids is 1. The maximum absolute atomic E-state index is 11.1. The van der Waals surface area contributed by atoms with Crippen molar-refractivity contribution in [3.63, 3.8) is 0 Å². The van der Waals surface area contributed by atoms with Crippen LogP contribution >= 0.6 is 11.6 Å². The van der Waals surface area contributed by atoms with E-state index in [2.05, 4.69) is 10.6 Å². The van der Waals surface area contributed by atoms with Crippen molar-refractivity contribution in [3.05, 3.63) is 22.7 Å². The van der Waals surface area contributed by atoms with Crippen LogP contribution in [0, 0.1) is 0 Å². The summed E-state index contributed by atoms with van der Waals surface area (Å²) in [6.07, 6.45) is 0. The first kappa shape index (κ1) is 9.79. The number of carbonyl (C=O) groups is 2. The van der Waals surface area contributed by atoms with E-state index in [-0.39, 0.29) is 23.0 Å². The molecule has 0 saturated heterocycles. The zero-order chi connectivity index (χ0) is 11.0. The molecule has 1 aromatic rings. The van der Waals surface area contributed by atoms with E-state index < -0.39 is 5.97 Å². The van der Waals surface area contributed by atoms with Gasteiger partial charge in [0.05, 0.1) is 23.5 Å². The molecule has 0 aromatic heterocycles. The standard InChI is InChI=1S/C9H7ClN2O3/c10-4-1-5(9(14)15)8-6(2-4)12-7(13)3-11-8/h1-2,11H,3H2,(H,12,13)(H,14,15). The molecule has 0 saturated carbocycles. The fraction of sp³-hybridized carbons (Fsp3) is 0.111. The van der Waals surface area contributed by atoms with E-state index in [4.69, 9.17) is 16.7 Å². The Balaban J connectivity index is 2.58. The van der Waals surface area contributed by atoms with E-state index in [0.29, 0.717) is 11.4 Å². The lowest BCUT2D eigenvalue weighted by molar-refractivity contribution is -0.114. The molecule has 1 aliphatic rings. The van der Waals surface area contributed by atoms with Gasteiger partial charge in [-0.05, 0) is 12.1 Å². The third kappa shape index (κ3) is 1.73. The lowest BCUT2D eigenvalue weighted by Crippen LogP contribution is -2.28. The highest BCUT2D eigenvalue weighted by molar-refractivity contribution is 6.31. The summed E-state index contributed by atoms with van der Waals surface area (Å²) in [5, 5.41) is 14.5. The Kier molecular flexibility index (Phi) is 2.24. The van der Waals surface area contributed by atoms with Crippen molar-refractivity contribution in [2.24, 2.45) is 0 Å². The van der Waals surface area contributed by atoms with Gasteiger partial charge in [0, 0.05) is 5.02 Å². The molecule has 1 amide bonds. The number of halogens is 1. The van der Waals surface area contributed by atoms with Gasteiger partial charge in [0.15, 0.2) is 0 Å². The van der Waals surface area contributed by atoms with Crippen LogP contribution in [0.2, 0.25) is 5.02 Å². The Morgan fingerprint density at radius 2 is 2.20 bits per heavy atom. The van der Waals surface area contributed by atoms with Crippen LogP contribution in [-0.2, 0) is 4.79 Å². The number of fused-ring (bicyclic) bond motifs is 1. The summed E-state index contributed by atoms with van der Waals surface area (Å²) >= 11 is 5.73. The van der Waals surface area contributed by atoms with Gasteiger partial charge >= 0.3 is 5.97 Å². The number of amides is 1. The maximum atomic E-state index is 11.1. The highest BCUT2D eigenvalue weighted by Crippen LogP contribution is 2.32. The Hall–Kier alpha value is -1.75. The highest BCUT2D eigenvalue weighted by atomic mass is 35.5. The monoisotopic (exact) mass is 226 g/mol. The second kappa shape index (κ2) is 3.43. The fourth-order valence-corrected chi connectivity index (χ4v) is 1.65.